The van der Waals surface area contributed by atoms with Crippen molar-refractivity contribution in [2.24, 2.45) is 4.99 Å². The van der Waals surface area contributed by atoms with Crippen molar-refractivity contribution in [1.82, 2.24) is 4.90 Å². The third-order valence-corrected chi connectivity index (χ3v) is 3.81. The zero-order chi connectivity index (χ0) is 10.3. The lowest BCUT2D eigenvalue weighted by atomic mass is 10.1. The zero-order valence-corrected chi connectivity index (χ0v) is 9.07. The van der Waals surface area contributed by atoms with Gasteiger partial charge in [-0.25, -0.2) is 0 Å². The predicted octanol–water partition coefficient (Wildman–Crippen LogP) is 1.85. The normalized spacial score (nSPS) is 24.1. The van der Waals surface area contributed by atoms with Crippen molar-refractivity contribution in [3.8, 4) is 5.75 Å². The van der Waals surface area contributed by atoms with Gasteiger partial charge in [-0.15, -0.1) is 0 Å². The molecule has 2 heterocycles. The van der Waals surface area contributed by atoms with E-state index in [1.54, 1.807) is 12.1 Å². The molecular formula is C11H12N2OS. The average Bonchev–Trinajstić information content (AvgIpc) is 2.78. The molecule has 1 saturated heterocycles. The number of amidine groups is 1. The lowest BCUT2D eigenvalue weighted by Crippen LogP contribution is -2.21. The minimum Gasteiger partial charge on any atom is -0.508 e. The molecule has 1 N–H and O–H groups in total. The van der Waals surface area contributed by atoms with Crippen molar-refractivity contribution in [2.45, 2.75) is 6.04 Å². The van der Waals surface area contributed by atoms with Crippen LogP contribution in [-0.2, 0) is 0 Å². The highest BCUT2D eigenvalue weighted by atomic mass is 32.2. The minimum absolute atomic E-state index is 0.258. The fraction of sp³-hybridized carbons (Fsp3) is 0.364. The van der Waals surface area contributed by atoms with E-state index in [1.165, 1.54) is 16.5 Å². The van der Waals surface area contributed by atoms with E-state index in [2.05, 4.69) is 9.89 Å². The highest BCUT2D eigenvalue weighted by molar-refractivity contribution is 8.14. The number of phenols is 1. The van der Waals surface area contributed by atoms with E-state index < -0.39 is 0 Å². The third kappa shape index (κ3) is 1.59. The monoisotopic (exact) mass is 220 g/mol. The Hall–Kier alpha value is -1.16. The summed E-state index contributed by atoms with van der Waals surface area (Å²) < 4.78 is 0. The molecule has 15 heavy (non-hydrogen) atoms. The second-order valence-electron chi connectivity index (χ2n) is 3.81. The number of rotatable bonds is 1. The molecule has 0 spiro atoms. The minimum atomic E-state index is 0.258. The van der Waals surface area contributed by atoms with Gasteiger partial charge in [0.1, 0.15) is 5.75 Å². The van der Waals surface area contributed by atoms with E-state index in [1.807, 2.05) is 23.9 Å². The van der Waals surface area contributed by atoms with E-state index in [-0.39, 0.29) is 6.04 Å². The van der Waals surface area contributed by atoms with Crippen molar-refractivity contribution in [1.29, 1.82) is 0 Å². The van der Waals surface area contributed by atoms with Crippen LogP contribution in [0.2, 0.25) is 0 Å². The second kappa shape index (κ2) is 3.45. The van der Waals surface area contributed by atoms with Gasteiger partial charge >= 0.3 is 0 Å². The molecule has 0 radical (unpaired) electrons. The number of benzene rings is 1. The molecule has 0 saturated carbocycles. The summed E-state index contributed by atoms with van der Waals surface area (Å²) in [6.07, 6.45) is 0. The van der Waals surface area contributed by atoms with Crippen LogP contribution in [0.3, 0.4) is 0 Å². The van der Waals surface area contributed by atoms with Gasteiger partial charge in [-0.05, 0) is 17.7 Å². The first-order valence-electron chi connectivity index (χ1n) is 5.07. The largest absolute Gasteiger partial charge is 0.508 e. The average molecular weight is 220 g/mol. The number of hydrogen-bond donors (Lipinski definition) is 1. The number of fused-ring (bicyclic) bond motifs is 1. The molecule has 0 bridgehead atoms. The molecule has 0 aromatic heterocycles. The van der Waals surface area contributed by atoms with Gasteiger partial charge in [-0.2, -0.15) is 0 Å². The summed E-state index contributed by atoms with van der Waals surface area (Å²) in [5.74, 6) is 1.49. The molecule has 4 heteroatoms. The van der Waals surface area contributed by atoms with Crippen molar-refractivity contribution in [2.75, 3.05) is 18.8 Å². The number of hydrogen-bond acceptors (Lipinski definition) is 4. The molecule has 0 amide bonds. The van der Waals surface area contributed by atoms with Crippen molar-refractivity contribution in [3.63, 3.8) is 0 Å². The van der Waals surface area contributed by atoms with Crippen LogP contribution in [0.25, 0.3) is 0 Å². The van der Waals surface area contributed by atoms with Gasteiger partial charge in [0.05, 0.1) is 6.04 Å². The van der Waals surface area contributed by atoms with Gasteiger partial charge < -0.3 is 10.0 Å². The maximum absolute atomic E-state index is 9.21. The third-order valence-electron chi connectivity index (χ3n) is 2.80. The Balaban J connectivity index is 1.85. The Morgan fingerprint density at radius 1 is 1.33 bits per heavy atom. The number of aliphatic imine (C=N–C) groups is 1. The molecule has 2 aliphatic heterocycles. The fourth-order valence-electron chi connectivity index (χ4n) is 1.98. The molecular weight excluding hydrogens is 208 g/mol. The smallest absolute Gasteiger partial charge is 0.160 e. The Bertz CT molecular complexity index is 402. The van der Waals surface area contributed by atoms with Crippen LogP contribution in [-0.4, -0.2) is 34.0 Å². The summed E-state index contributed by atoms with van der Waals surface area (Å²) >= 11 is 1.84. The summed E-state index contributed by atoms with van der Waals surface area (Å²) in [7, 11) is 0. The fourth-order valence-corrected chi connectivity index (χ4v) is 3.03. The van der Waals surface area contributed by atoms with E-state index in [9.17, 15) is 5.11 Å². The van der Waals surface area contributed by atoms with Crippen LogP contribution in [0.5, 0.6) is 5.75 Å². The van der Waals surface area contributed by atoms with Crippen LogP contribution < -0.4 is 0 Å². The Morgan fingerprint density at radius 3 is 2.87 bits per heavy atom. The first kappa shape index (κ1) is 9.09. The van der Waals surface area contributed by atoms with E-state index >= 15 is 0 Å². The molecule has 3 rings (SSSR count). The molecule has 1 aromatic rings. The number of aromatic hydroxyl groups is 1. The Morgan fingerprint density at radius 2 is 2.13 bits per heavy atom. The van der Waals surface area contributed by atoms with Gasteiger partial charge in [-0.3, -0.25) is 4.99 Å². The molecule has 0 unspecified atom stereocenters. The first-order valence-corrected chi connectivity index (χ1v) is 6.06. The van der Waals surface area contributed by atoms with Gasteiger partial charge in [0.25, 0.3) is 0 Å². The summed E-state index contributed by atoms with van der Waals surface area (Å²) in [5.41, 5.74) is 1.19. The molecule has 1 fully saturated rings. The van der Waals surface area contributed by atoms with E-state index in [0.29, 0.717) is 5.75 Å². The SMILES string of the molecule is Oc1ccc([C@H]2CN3CCSC3=N2)cc1. The lowest BCUT2D eigenvalue weighted by molar-refractivity contribution is 0.461. The maximum atomic E-state index is 9.21. The van der Waals surface area contributed by atoms with Crippen LogP contribution >= 0.6 is 11.8 Å². The van der Waals surface area contributed by atoms with E-state index in [4.69, 9.17) is 0 Å². The van der Waals surface area contributed by atoms with Gasteiger partial charge in [0.2, 0.25) is 0 Å². The van der Waals surface area contributed by atoms with E-state index in [0.717, 1.165) is 13.1 Å². The Kier molecular flexibility index (Phi) is 2.09. The highest BCUT2D eigenvalue weighted by Gasteiger charge is 2.29. The van der Waals surface area contributed by atoms with Gasteiger partial charge in [-0.1, -0.05) is 23.9 Å². The van der Waals surface area contributed by atoms with Crippen molar-refractivity contribution < 1.29 is 5.11 Å². The summed E-state index contributed by atoms with van der Waals surface area (Å²) in [6, 6.07) is 7.62. The van der Waals surface area contributed by atoms with Crippen LogP contribution in [0.15, 0.2) is 29.3 Å². The van der Waals surface area contributed by atoms with Crippen molar-refractivity contribution >= 4 is 16.9 Å². The number of nitrogens with zero attached hydrogens (tertiary/aromatic N) is 2. The van der Waals surface area contributed by atoms with Crippen LogP contribution in [0, 0.1) is 0 Å². The summed E-state index contributed by atoms with van der Waals surface area (Å²) in [6.45, 7) is 2.12. The molecule has 3 nitrogen and oxygen atoms in total. The van der Waals surface area contributed by atoms with Crippen LogP contribution in [0.4, 0.5) is 0 Å². The van der Waals surface area contributed by atoms with Crippen LogP contribution in [0.1, 0.15) is 11.6 Å². The number of phenolic OH excluding ortho intramolecular Hbond substituents is 1. The number of thioether (sulfide) groups is 1. The lowest BCUT2D eigenvalue weighted by Gasteiger charge is -2.12. The molecule has 1 aromatic carbocycles. The second-order valence-corrected chi connectivity index (χ2v) is 4.88. The van der Waals surface area contributed by atoms with Gasteiger partial charge in [0, 0.05) is 18.8 Å². The molecule has 2 aliphatic rings. The summed E-state index contributed by atoms with van der Waals surface area (Å²) in [5, 5.41) is 10.4. The molecule has 0 aliphatic carbocycles. The maximum Gasteiger partial charge on any atom is 0.160 e. The molecule has 78 valence electrons. The van der Waals surface area contributed by atoms with Crippen molar-refractivity contribution in [3.05, 3.63) is 29.8 Å². The predicted molar refractivity (Wildman–Crippen MR) is 62.3 cm³/mol. The summed E-state index contributed by atoms with van der Waals surface area (Å²) in [4.78, 5) is 7.01. The molecule has 1 atom stereocenters. The van der Waals surface area contributed by atoms with Gasteiger partial charge in [0.15, 0.2) is 5.17 Å². The Labute approximate surface area is 92.8 Å². The quantitative estimate of drug-likeness (QED) is 0.784. The topological polar surface area (TPSA) is 35.8 Å². The zero-order valence-electron chi connectivity index (χ0n) is 8.26. The first-order chi connectivity index (χ1) is 7.33. The highest BCUT2D eigenvalue weighted by Crippen LogP contribution is 2.32. The standard InChI is InChI=1S/C11H12N2OS/c14-9-3-1-8(2-4-9)10-7-13-5-6-15-11(13)12-10/h1-4,10,14H,5-7H2/t10-/m1/s1.